The van der Waals surface area contributed by atoms with Gasteiger partial charge in [-0.2, -0.15) is 9.83 Å². The maximum absolute atomic E-state index is 9.96. The third-order valence-electron chi connectivity index (χ3n) is 6.99. The van der Waals surface area contributed by atoms with Gasteiger partial charge in [-0.15, -0.1) is 0 Å². The van der Waals surface area contributed by atoms with E-state index in [0.29, 0.717) is 11.5 Å². The summed E-state index contributed by atoms with van der Waals surface area (Å²) in [7, 11) is 2.11. The summed E-state index contributed by atoms with van der Waals surface area (Å²) in [6.07, 6.45) is 1.03. The summed E-state index contributed by atoms with van der Waals surface area (Å²) in [5, 5.41) is 11.8. The number of benzene rings is 3. The van der Waals surface area contributed by atoms with E-state index in [0.717, 1.165) is 56.3 Å². The molecule has 0 unspecified atom stereocenters. The molecule has 3 heteroatoms. The molecule has 0 aliphatic heterocycles. The van der Waals surface area contributed by atoms with Crippen LogP contribution in [-0.4, -0.2) is 0 Å². The number of aromatic nitrogens is 1. The molecule has 0 aliphatic rings. The normalized spacial score (nSPS) is 11.5. The van der Waals surface area contributed by atoms with Gasteiger partial charge in [0.05, 0.1) is 17.2 Å². The molecule has 5 rings (SSSR count). The SMILES string of the molecule is Cc1ccc(-c2ccc(C#N)c3c2oc2c(-c4cc(CC(C)C)cc(C)[n+]4C)c(C)ccc23)cc1. The van der Waals surface area contributed by atoms with E-state index in [-0.39, 0.29) is 0 Å². The van der Waals surface area contributed by atoms with Gasteiger partial charge in [0.25, 0.3) is 0 Å². The van der Waals surface area contributed by atoms with Crippen molar-refractivity contribution in [2.75, 3.05) is 0 Å². The third kappa shape index (κ3) is 3.90. The van der Waals surface area contributed by atoms with Crippen molar-refractivity contribution in [3.8, 4) is 28.5 Å². The van der Waals surface area contributed by atoms with Crippen molar-refractivity contribution in [2.45, 2.75) is 41.0 Å². The molecule has 0 fully saturated rings. The minimum atomic E-state index is 0.577. The Morgan fingerprint density at radius 3 is 2.34 bits per heavy atom. The van der Waals surface area contributed by atoms with Crippen molar-refractivity contribution in [3.63, 3.8) is 0 Å². The van der Waals surface area contributed by atoms with Crippen molar-refractivity contribution in [1.82, 2.24) is 0 Å². The number of hydrogen-bond acceptors (Lipinski definition) is 2. The lowest BCUT2D eigenvalue weighted by molar-refractivity contribution is -0.666. The number of aryl methyl sites for hydroxylation is 3. The van der Waals surface area contributed by atoms with Crippen LogP contribution in [0.1, 0.15) is 41.8 Å². The van der Waals surface area contributed by atoms with Crippen molar-refractivity contribution >= 4 is 21.9 Å². The summed E-state index contributed by atoms with van der Waals surface area (Å²) >= 11 is 0. The standard InChI is InChI=1S/C32H31N2O/c1-19(2)15-23-16-22(5)34(6)28(17-23)29-21(4)9-13-27-30-25(18-33)12-14-26(31(30)35-32(27)29)24-10-7-20(3)8-11-24/h7-14,16-17,19H,15H2,1-6H3/q+1. The Hall–Kier alpha value is -3.90. The Morgan fingerprint density at radius 1 is 0.914 bits per heavy atom. The molecule has 0 saturated carbocycles. The molecule has 0 saturated heterocycles. The highest BCUT2D eigenvalue weighted by atomic mass is 16.3. The predicted molar refractivity (Wildman–Crippen MR) is 143 cm³/mol. The average molecular weight is 460 g/mol. The Bertz CT molecular complexity index is 1630. The quantitative estimate of drug-likeness (QED) is 0.258. The summed E-state index contributed by atoms with van der Waals surface area (Å²) < 4.78 is 8.97. The molecule has 0 N–H and O–H groups in total. The number of hydrogen-bond donors (Lipinski definition) is 0. The van der Waals surface area contributed by atoms with Crippen molar-refractivity contribution in [1.29, 1.82) is 5.26 Å². The Labute approximate surface area is 207 Å². The van der Waals surface area contributed by atoms with Crippen molar-refractivity contribution in [3.05, 3.63) is 88.6 Å². The molecule has 3 nitrogen and oxygen atoms in total. The van der Waals surface area contributed by atoms with Gasteiger partial charge < -0.3 is 4.42 Å². The molecule has 3 aromatic carbocycles. The molecular weight excluding hydrogens is 428 g/mol. The van der Waals surface area contributed by atoms with Gasteiger partial charge in [-0.25, -0.2) is 0 Å². The second-order valence-corrected chi connectivity index (χ2v) is 10.1. The van der Waals surface area contributed by atoms with Gasteiger partial charge >= 0.3 is 0 Å². The number of furan rings is 1. The van der Waals surface area contributed by atoms with E-state index in [1.165, 1.54) is 16.8 Å². The highest BCUT2D eigenvalue weighted by Crippen LogP contribution is 2.42. The molecule has 0 radical (unpaired) electrons. The summed E-state index contributed by atoms with van der Waals surface area (Å²) in [6, 6.07) is 23.6. The summed E-state index contributed by atoms with van der Waals surface area (Å²) in [4.78, 5) is 0. The highest BCUT2D eigenvalue weighted by Gasteiger charge is 2.25. The fraction of sp³-hybridized carbons (Fsp3) is 0.250. The number of fused-ring (bicyclic) bond motifs is 3. The van der Waals surface area contributed by atoms with Crippen LogP contribution in [0.4, 0.5) is 0 Å². The lowest BCUT2D eigenvalue weighted by Gasteiger charge is -2.11. The lowest BCUT2D eigenvalue weighted by Crippen LogP contribution is -2.35. The van der Waals surface area contributed by atoms with E-state index < -0.39 is 0 Å². The lowest BCUT2D eigenvalue weighted by atomic mass is 9.95. The van der Waals surface area contributed by atoms with Crippen LogP contribution in [0, 0.1) is 38.0 Å². The van der Waals surface area contributed by atoms with Crippen LogP contribution >= 0.6 is 0 Å². The van der Waals surface area contributed by atoms with E-state index in [4.69, 9.17) is 4.42 Å². The zero-order valence-electron chi connectivity index (χ0n) is 21.4. The maximum atomic E-state index is 9.96. The summed E-state index contributed by atoms with van der Waals surface area (Å²) in [5.41, 5.74) is 11.5. The molecule has 0 atom stereocenters. The molecule has 0 amide bonds. The molecule has 5 aromatic rings. The van der Waals surface area contributed by atoms with E-state index in [9.17, 15) is 5.26 Å². The van der Waals surface area contributed by atoms with Crippen molar-refractivity contribution in [2.24, 2.45) is 13.0 Å². The highest BCUT2D eigenvalue weighted by molar-refractivity contribution is 6.15. The zero-order chi connectivity index (χ0) is 24.9. The number of rotatable bonds is 4. The van der Waals surface area contributed by atoms with E-state index in [1.54, 1.807) is 0 Å². The van der Waals surface area contributed by atoms with Crippen LogP contribution in [0.2, 0.25) is 0 Å². The van der Waals surface area contributed by atoms with E-state index >= 15 is 0 Å². The van der Waals surface area contributed by atoms with Gasteiger partial charge in [0.1, 0.15) is 18.2 Å². The molecule has 0 bridgehead atoms. The smallest absolute Gasteiger partial charge is 0.216 e. The Kier molecular flexibility index (Phi) is 5.69. The first-order chi connectivity index (χ1) is 16.8. The molecule has 2 aromatic heterocycles. The number of nitriles is 1. The third-order valence-corrected chi connectivity index (χ3v) is 6.99. The largest absolute Gasteiger partial charge is 0.454 e. The van der Waals surface area contributed by atoms with Gasteiger partial charge in [-0.3, -0.25) is 0 Å². The molecule has 0 aliphatic carbocycles. The first kappa shape index (κ1) is 22.9. The average Bonchev–Trinajstić information content (AvgIpc) is 3.21. The first-order valence-corrected chi connectivity index (χ1v) is 12.2. The van der Waals surface area contributed by atoms with E-state index in [1.807, 2.05) is 12.1 Å². The van der Waals surface area contributed by atoms with Crippen LogP contribution in [0.25, 0.3) is 44.3 Å². The number of pyridine rings is 1. The summed E-state index contributed by atoms with van der Waals surface area (Å²) in [5.74, 6) is 0.577. The van der Waals surface area contributed by atoms with Crippen LogP contribution < -0.4 is 4.57 Å². The fourth-order valence-corrected chi connectivity index (χ4v) is 5.11. The minimum Gasteiger partial charge on any atom is -0.454 e. The van der Waals surface area contributed by atoms with Gasteiger partial charge in [0.2, 0.25) is 5.69 Å². The van der Waals surface area contributed by atoms with Crippen LogP contribution in [0.3, 0.4) is 0 Å². The predicted octanol–water partition coefficient (Wildman–Crippen LogP) is 7.74. The van der Waals surface area contributed by atoms with Gasteiger partial charge in [-0.1, -0.05) is 55.8 Å². The van der Waals surface area contributed by atoms with Gasteiger partial charge in [0.15, 0.2) is 5.69 Å². The Balaban J connectivity index is 1.87. The van der Waals surface area contributed by atoms with E-state index in [2.05, 4.69) is 101 Å². The summed E-state index contributed by atoms with van der Waals surface area (Å²) in [6.45, 7) is 10.9. The molecular formula is C32H31N2O+. The zero-order valence-corrected chi connectivity index (χ0v) is 21.4. The Morgan fingerprint density at radius 2 is 1.66 bits per heavy atom. The molecule has 174 valence electrons. The molecule has 0 spiro atoms. The monoisotopic (exact) mass is 459 g/mol. The van der Waals surface area contributed by atoms with Crippen LogP contribution in [-0.2, 0) is 13.5 Å². The van der Waals surface area contributed by atoms with Crippen LogP contribution in [0.15, 0.2) is 65.1 Å². The fourth-order valence-electron chi connectivity index (χ4n) is 5.11. The molecule has 2 heterocycles. The van der Waals surface area contributed by atoms with Crippen LogP contribution in [0.5, 0.6) is 0 Å². The van der Waals surface area contributed by atoms with Gasteiger partial charge in [-0.05, 0) is 55.0 Å². The second-order valence-electron chi connectivity index (χ2n) is 10.1. The number of nitrogens with zero attached hydrogens (tertiary/aromatic N) is 2. The topological polar surface area (TPSA) is 40.8 Å². The van der Waals surface area contributed by atoms with Crippen molar-refractivity contribution < 1.29 is 8.98 Å². The second kappa shape index (κ2) is 8.71. The maximum Gasteiger partial charge on any atom is 0.216 e. The van der Waals surface area contributed by atoms with Gasteiger partial charge in [0, 0.05) is 35.4 Å². The first-order valence-electron chi connectivity index (χ1n) is 12.2. The minimum absolute atomic E-state index is 0.577. The molecule has 35 heavy (non-hydrogen) atoms.